The first-order chi connectivity index (χ1) is 22.3. The van der Waals surface area contributed by atoms with Gasteiger partial charge in [-0.05, 0) is 64.2 Å². The summed E-state index contributed by atoms with van der Waals surface area (Å²) < 4.78 is 2.37. The summed E-state index contributed by atoms with van der Waals surface area (Å²) >= 11 is 0. The molecule has 0 amide bonds. The minimum atomic E-state index is 0.204. The molecular formula is C43H30N2. The molecule has 0 saturated heterocycles. The third-order valence-corrected chi connectivity index (χ3v) is 9.42. The minimum absolute atomic E-state index is 0.204. The van der Waals surface area contributed by atoms with Gasteiger partial charge in [-0.25, -0.2) is 4.98 Å². The van der Waals surface area contributed by atoms with Crippen LogP contribution in [0.3, 0.4) is 0 Å². The van der Waals surface area contributed by atoms with Crippen molar-refractivity contribution in [2.75, 3.05) is 0 Å². The van der Waals surface area contributed by atoms with Gasteiger partial charge in [-0.3, -0.25) is 0 Å². The van der Waals surface area contributed by atoms with E-state index in [1.54, 1.807) is 0 Å². The monoisotopic (exact) mass is 574 g/mol. The molecule has 2 atom stereocenters. The highest BCUT2D eigenvalue weighted by Crippen LogP contribution is 2.50. The SMILES string of the molecule is C1=CC2=C(c3ccc4ccccc4n3)c3ccccc3C(c3ccc(-c4cc5ccccc5n4-c4ccccc4)cc3)C2C=C1. The van der Waals surface area contributed by atoms with E-state index in [0.717, 1.165) is 16.6 Å². The van der Waals surface area contributed by atoms with E-state index in [2.05, 4.69) is 174 Å². The second kappa shape index (κ2) is 10.5. The molecule has 0 saturated carbocycles. The van der Waals surface area contributed by atoms with Crippen molar-refractivity contribution in [3.63, 3.8) is 0 Å². The van der Waals surface area contributed by atoms with Crippen LogP contribution in [0.2, 0.25) is 0 Å². The highest BCUT2D eigenvalue weighted by molar-refractivity contribution is 5.91. The van der Waals surface area contributed by atoms with Crippen LogP contribution in [0, 0.1) is 5.92 Å². The Kier molecular flexibility index (Phi) is 5.99. The predicted molar refractivity (Wildman–Crippen MR) is 187 cm³/mol. The number of benzene rings is 5. The average molecular weight is 575 g/mol. The van der Waals surface area contributed by atoms with Crippen molar-refractivity contribution in [1.82, 2.24) is 9.55 Å². The number of nitrogens with zero attached hydrogens (tertiary/aromatic N) is 2. The molecule has 0 fully saturated rings. The maximum atomic E-state index is 5.16. The number of fused-ring (bicyclic) bond motifs is 4. The molecule has 5 aromatic carbocycles. The van der Waals surface area contributed by atoms with Crippen LogP contribution in [-0.4, -0.2) is 9.55 Å². The van der Waals surface area contributed by atoms with Crippen LogP contribution in [0.5, 0.6) is 0 Å². The molecule has 45 heavy (non-hydrogen) atoms. The summed E-state index contributed by atoms with van der Waals surface area (Å²) in [5, 5.41) is 2.40. The fraction of sp³-hybridized carbons (Fsp3) is 0.0465. The van der Waals surface area contributed by atoms with Gasteiger partial charge in [0.15, 0.2) is 0 Å². The third-order valence-electron chi connectivity index (χ3n) is 9.42. The van der Waals surface area contributed by atoms with Crippen LogP contribution in [0.1, 0.15) is 28.3 Å². The lowest BCUT2D eigenvalue weighted by Crippen LogP contribution is -2.23. The number of allylic oxidation sites excluding steroid dienone is 5. The molecule has 9 rings (SSSR count). The molecule has 2 aliphatic rings. The van der Waals surface area contributed by atoms with Gasteiger partial charge in [0.2, 0.25) is 0 Å². The lowest BCUT2D eigenvalue weighted by atomic mass is 9.67. The summed E-state index contributed by atoms with van der Waals surface area (Å²) in [6.07, 6.45) is 9.04. The van der Waals surface area contributed by atoms with Crippen LogP contribution in [-0.2, 0) is 0 Å². The Hall–Kier alpha value is -5.73. The number of hydrogen-bond acceptors (Lipinski definition) is 1. The standard InChI is InChI=1S/C43H30N2/c1-2-14-33(15-3-1)45-40-21-11-5-13-32(40)28-41(45)30-22-24-31(25-23-30)42-34-16-6-8-18-36(34)43(37-19-9-7-17-35(37)42)39-27-26-29-12-4-10-20-38(29)44-39/h1-28,34,42H. The quantitative estimate of drug-likeness (QED) is 0.204. The lowest BCUT2D eigenvalue weighted by Gasteiger charge is -2.36. The van der Waals surface area contributed by atoms with E-state index in [1.165, 1.54) is 55.7 Å². The van der Waals surface area contributed by atoms with Gasteiger partial charge in [-0.15, -0.1) is 0 Å². The topological polar surface area (TPSA) is 17.8 Å². The summed E-state index contributed by atoms with van der Waals surface area (Å²) in [5.74, 6) is 0.422. The Labute approximate surface area is 263 Å². The Morgan fingerprint density at radius 2 is 1.36 bits per heavy atom. The van der Waals surface area contributed by atoms with Gasteiger partial charge in [0.1, 0.15) is 0 Å². The first kappa shape index (κ1) is 25.7. The largest absolute Gasteiger partial charge is 0.309 e. The number of pyridine rings is 1. The zero-order chi connectivity index (χ0) is 29.7. The van der Waals surface area contributed by atoms with E-state index in [9.17, 15) is 0 Å². The summed E-state index contributed by atoms with van der Waals surface area (Å²) in [4.78, 5) is 5.16. The summed E-state index contributed by atoms with van der Waals surface area (Å²) in [6, 6.07) is 52.6. The first-order valence-corrected chi connectivity index (χ1v) is 15.6. The van der Waals surface area contributed by atoms with Crippen LogP contribution >= 0.6 is 0 Å². The average Bonchev–Trinajstić information content (AvgIpc) is 3.50. The van der Waals surface area contributed by atoms with Gasteiger partial charge in [0, 0.05) is 33.9 Å². The van der Waals surface area contributed by atoms with Gasteiger partial charge < -0.3 is 4.57 Å². The molecule has 212 valence electrons. The van der Waals surface area contributed by atoms with Gasteiger partial charge in [-0.1, -0.05) is 133 Å². The molecule has 0 spiro atoms. The number of rotatable bonds is 4. The van der Waals surface area contributed by atoms with E-state index in [1.807, 2.05) is 0 Å². The maximum absolute atomic E-state index is 5.16. The molecule has 2 heterocycles. The number of aromatic nitrogens is 2. The van der Waals surface area contributed by atoms with Crippen molar-refractivity contribution in [2.24, 2.45) is 5.92 Å². The van der Waals surface area contributed by atoms with Gasteiger partial charge >= 0.3 is 0 Å². The van der Waals surface area contributed by atoms with E-state index in [0.29, 0.717) is 0 Å². The Balaban J connectivity index is 1.17. The fourth-order valence-electron chi connectivity index (χ4n) is 7.41. The minimum Gasteiger partial charge on any atom is -0.309 e. The third kappa shape index (κ3) is 4.22. The summed E-state index contributed by atoms with van der Waals surface area (Å²) in [5.41, 5.74) is 13.4. The fourth-order valence-corrected chi connectivity index (χ4v) is 7.41. The number of para-hydroxylation sites is 3. The van der Waals surface area contributed by atoms with Crippen molar-refractivity contribution in [3.05, 3.63) is 198 Å². The molecule has 0 N–H and O–H groups in total. The highest BCUT2D eigenvalue weighted by Gasteiger charge is 2.35. The van der Waals surface area contributed by atoms with Crippen LogP contribution in [0.4, 0.5) is 0 Å². The van der Waals surface area contributed by atoms with Crippen LogP contribution in [0.25, 0.3) is 44.3 Å². The number of hydrogen-bond donors (Lipinski definition) is 0. The smallest absolute Gasteiger partial charge is 0.0718 e. The second-order valence-corrected chi connectivity index (χ2v) is 11.9. The molecular weight excluding hydrogens is 544 g/mol. The normalized spacial score (nSPS) is 17.1. The molecule has 2 aromatic heterocycles. The van der Waals surface area contributed by atoms with Crippen molar-refractivity contribution in [3.8, 4) is 16.9 Å². The van der Waals surface area contributed by atoms with Crippen molar-refractivity contribution >= 4 is 27.4 Å². The van der Waals surface area contributed by atoms with E-state index in [4.69, 9.17) is 4.98 Å². The summed E-state index contributed by atoms with van der Waals surface area (Å²) in [6.45, 7) is 0. The van der Waals surface area contributed by atoms with Gasteiger partial charge in [-0.2, -0.15) is 0 Å². The molecule has 0 radical (unpaired) electrons. The zero-order valence-corrected chi connectivity index (χ0v) is 24.7. The Morgan fingerprint density at radius 1 is 0.600 bits per heavy atom. The Bertz CT molecular complexity index is 2320. The maximum Gasteiger partial charge on any atom is 0.0718 e. The van der Waals surface area contributed by atoms with Crippen LogP contribution in [0.15, 0.2) is 175 Å². The molecule has 2 aliphatic carbocycles. The second-order valence-electron chi connectivity index (χ2n) is 11.9. The lowest BCUT2D eigenvalue weighted by molar-refractivity contribution is 0.648. The zero-order valence-electron chi connectivity index (χ0n) is 24.7. The van der Waals surface area contributed by atoms with Crippen molar-refractivity contribution in [1.29, 1.82) is 0 Å². The van der Waals surface area contributed by atoms with Crippen molar-refractivity contribution < 1.29 is 0 Å². The Morgan fingerprint density at radius 3 is 2.24 bits per heavy atom. The van der Waals surface area contributed by atoms with E-state index in [-0.39, 0.29) is 11.8 Å². The van der Waals surface area contributed by atoms with Crippen molar-refractivity contribution in [2.45, 2.75) is 5.92 Å². The van der Waals surface area contributed by atoms with Gasteiger partial charge in [0.05, 0.1) is 22.4 Å². The molecule has 2 nitrogen and oxygen atoms in total. The first-order valence-electron chi connectivity index (χ1n) is 15.6. The van der Waals surface area contributed by atoms with E-state index < -0.39 is 0 Å². The van der Waals surface area contributed by atoms with Crippen LogP contribution < -0.4 is 0 Å². The molecule has 2 heteroatoms. The predicted octanol–water partition coefficient (Wildman–Crippen LogP) is 10.5. The molecule has 0 bridgehead atoms. The molecule has 2 unspecified atom stereocenters. The molecule has 7 aromatic rings. The summed E-state index contributed by atoms with van der Waals surface area (Å²) in [7, 11) is 0. The van der Waals surface area contributed by atoms with E-state index >= 15 is 0 Å². The highest BCUT2D eigenvalue weighted by atomic mass is 15.0. The molecule has 0 aliphatic heterocycles. The van der Waals surface area contributed by atoms with Gasteiger partial charge in [0.25, 0.3) is 0 Å².